The molecule has 1 aliphatic rings. The van der Waals surface area contributed by atoms with Crippen LogP contribution in [0.1, 0.15) is 64.5 Å². The van der Waals surface area contributed by atoms with Gasteiger partial charge in [-0.15, -0.1) is 0 Å². The zero-order chi connectivity index (χ0) is 19.5. The summed E-state index contributed by atoms with van der Waals surface area (Å²) in [6.07, 6.45) is 3.58. The molecule has 2 rings (SSSR count). The van der Waals surface area contributed by atoms with Crippen molar-refractivity contribution in [3.8, 4) is 11.5 Å². The SMILES string of the molecule is CCCC[C@]1(CC)CS(=O)(=O)c2cc(OC)c(OC)cc2[C@@H](CC)N1O. The zero-order valence-corrected chi connectivity index (χ0v) is 17.2. The molecule has 1 aromatic carbocycles. The maximum Gasteiger partial charge on any atom is 0.180 e. The number of hydrogen-bond donors (Lipinski definition) is 1. The van der Waals surface area contributed by atoms with Crippen LogP contribution in [-0.2, 0) is 9.84 Å². The van der Waals surface area contributed by atoms with Gasteiger partial charge in [0.05, 0.1) is 36.4 Å². The van der Waals surface area contributed by atoms with E-state index < -0.39 is 21.4 Å². The van der Waals surface area contributed by atoms with Gasteiger partial charge in [-0.25, -0.2) is 8.42 Å². The highest BCUT2D eigenvalue weighted by Gasteiger charge is 2.47. The van der Waals surface area contributed by atoms with Gasteiger partial charge in [0, 0.05) is 6.07 Å². The van der Waals surface area contributed by atoms with Gasteiger partial charge in [-0.1, -0.05) is 33.6 Å². The second-order valence-electron chi connectivity index (χ2n) is 6.95. The summed E-state index contributed by atoms with van der Waals surface area (Å²) in [5, 5.41) is 12.5. The van der Waals surface area contributed by atoms with Crippen LogP contribution in [-0.4, -0.2) is 44.2 Å². The Morgan fingerprint density at radius 2 is 1.81 bits per heavy atom. The Bertz CT molecular complexity index is 734. The van der Waals surface area contributed by atoms with Crippen LogP contribution >= 0.6 is 0 Å². The number of hydroxylamine groups is 2. The van der Waals surface area contributed by atoms with E-state index in [9.17, 15) is 13.6 Å². The Hall–Kier alpha value is -1.31. The van der Waals surface area contributed by atoms with Gasteiger partial charge in [0.25, 0.3) is 0 Å². The number of nitrogens with zero attached hydrogens (tertiary/aromatic N) is 1. The van der Waals surface area contributed by atoms with Crippen molar-refractivity contribution in [2.75, 3.05) is 20.0 Å². The lowest BCUT2D eigenvalue weighted by Gasteiger charge is -2.41. The standard InChI is InChI=1S/C19H31NO5S/c1-6-9-10-19(8-3)13-26(22,23)18-12-17(25-5)16(24-4)11-14(18)15(7-2)20(19)21/h11-12,15,21H,6-10,13H2,1-5H3/t15-,19-/m1/s1. The molecule has 7 heteroatoms. The molecule has 0 spiro atoms. The summed E-state index contributed by atoms with van der Waals surface area (Å²) in [5.74, 6) is 0.740. The highest BCUT2D eigenvalue weighted by Crippen LogP contribution is 2.45. The quantitative estimate of drug-likeness (QED) is 0.765. The first kappa shape index (κ1) is 21.0. The van der Waals surface area contributed by atoms with Crippen LogP contribution in [0.2, 0.25) is 0 Å². The van der Waals surface area contributed by atoms with Crippen LogP contribution in [0.5, 0.6) is 11.5 Å². The van der Waals surface area contributed by atoms with Gasteiger partial charge in [0.1, 0.15) is 0 Å². The first-order valence-electron chi connectivity index (χ1n) is 9.27. The number of ether oxygens (including phenoxy) is 2. The maximum absolute atomic E-state index is 13.3. The fraction of sp³-hybridized carbons (Fsp3) is 0.684. The third kappa shape index (κ3) is 3.57. The molecule has 0 bridgehead atoms. The van der Waals surface area contributed by atoms with Crippen LogP contribution in [0.4, 0.5) is 0 Å². The van der Waals surface area contributed by atoms with E-state index in [1.165, 1.54) is 25.3 Å². The molecule has 1 aromatic rings. The molecule has 0 aromatic heterocycles. The van der Waals surface area contributed by atoms with Gasteiger partial charge in [-0.2, -0.15) is 5.06 Å². The van der Waals surface area contributed by atoms with E-state index >= 15 is 0 Å². The molecule has 0 aliphatic carbocycles. The van der Waals surface area contributed by atoms with Crippen LogP contribution in [0.3, 0.4) is 0 Å². The molecule has 0 unspecified atom stereocenters. The van der Waals surface area contributed by atoms with Crippen LogP contribution in [0.15, 0.2) is 17.0 Å². The zero-order valence-electron chi connectivity index (χ0n) is 16.4. The molecule has 1 aliphatic heterocycles. The number of unbranched alkanes of at least 4 members (excludes halogenated alkanes) is 1. The number of hydrogen-bond acceptors (Lipinski definition) is 6. The molecule has 0 saturated carbocycles. The average Bonchev–Trinajstić information content (AvgIpc) is 2.70. The van der Waals surface area contributed by atoms with Gasteiger partial charge in [0.2, 0.25) is 0 Å². The summed E-state index contributed by atoms with van der Waals surface area (Å²) in [6.45, 7) is 5.96. The Morgan fingerprint density at radius 1 is 1.19 bits per heavy atom. The topological polar surface area (TPSA) is 76.1 Å². The summed E-state index contributed by atoms with van der Waals surface area (Å²) < 4.78 is 37.2. The number of sulfone groups is 1. The summed E-state index contributed by atoms with van der Waals surface area (Å²) in [5.41, 5.74) is -0.228. The lowest BCUT2D eigenvalue weighted by molar-refractivity contribution is -0.203. The van der Waals surface area contributed by atoms with Crippen LogP contribution in [0.25, 0.3) is 0 Å². The molecule has 6 nitrogen and oxygen atoms in total. The minimum Gasteiger partial charge on any atom is -0.493 e. The van der Waals surface area contributed by atoms with Crippen molar-refractivity contribution >= 4 is 9.84 Å². The van der Waals surface area contributed by atoms with E-state index in [4.69, 9.17) is 9.47 Å². The predicted molar refractivity (Wildman–Crippen MR) is 101 cm³/mol. The van der Waals surface area contributed by atoms with Gasteiger partial charge in [-0.3, -0.25) is 0 Å². The minimum absolute atomic E-state index is 0.105. The van der Waals surface area contributed by atoms with E-state index in [0.29, 0.717) is 36.3 Å². The van der Waals surface area contributed by atoms with Crippen molar-refractivity contribution in [2.45, 2.75) is 69.4 Å². The van der Waals surface area contributed by atoms with E-state index in [1.54, 1.807) is 6.07 Å². The van der Waals surface area contributed by atoms with Crippen molar-refractivity contribution in [2.24, 2.45) is 0 Å². The molecule has 26 heavy (non-hydrogen) atoms. The number of methoxy groups -OCH3 is 2. The van der Waals surface area contributed by atoms with Gasteiger partial charge in [-0.05, 0) is 30.9 Å². The Labute approximate surface area is 157 Å². The van der Waals surface area contributed by atoms with Crippen LogP contribution < -0.4 is 9.47 Å². The van der Waals surface area contributed by atoms with E-state index in [0.717, 1.165) is 12.8 Å². The summed E-state index contributed by atoms with van der Waals surface area (Å²) in [4.78, 5) is 0.230. The van der Waals surface area contributed by atoms with Crippen molar-refractivity contribution in [1.82, 2.24) is 5.06 Å². The number of benzene rings is 1. The Morgan fingerprint density at radius 3 is 2.31 bits per heavy atom. The fourth-order valence-corrected chi connectivity index (χ4v) is 6.08. The lowest BCUT2D eigenvalue weighted by atomic mass is 9.88. The molecule has 0 amide bonds. The highest BCUT2D eigenvalue weighted by atomic mass is 32.2. The first-order valence-corrected chi connectivity index (χ1v) is 10.9. The molecule has 0 fully saturated rings. The molecule has 1 heterocycles. The number of rotatable bonds is 7. The van der Waals surface area contributed by atoms with Gasteiger partial charge < -0.3 is 14.7 Å². The predicted octanol–water partition coefficient (Wildman–Crippen LogP) is 3.97. The molecule has 0 radical (unpaired) electrons. The molecular weight excluding hydrogens is 354 g/mol. The molecule has 1 N–H and O–H groups in total. The van der Waals surface area contributed by atoms with Gasteiger partial charge in [0.15, 0.2) is 21.3 Å². The molecule has 2 atom stereocenters. The summed E-state index contributed by atoms with van der Waals surface area (Å²) >= 11 is 0. The average molecular weight is 386 g/mol. The third-order valence-corrected chi connectivity index (χ3v) is 7.43. The normalized spacial score (nSPS) is 25.4. The third-order valence-electron chi connectivity index (χ3n) is 5.49. The molecular formula is C19H31NO5S. The highest BCUT2D eigenvalue weighted by molar-refractivity contribution is 7.91. The van der Waals surface area contributed by atoms with Crippen molar-refractivity contribution in [1.29, 1.82) is 0 Å². The second kappa shape index (κ2) is 8.15. The summed E-state index contributed by atoms with van der Waals surface area (Å²) in [7, 11) is -0.594. The number of fused-ring (bicyclic) bond motifs is 1. The van der Waals surface area contributed by atoms with Crippen molar-refractivity contribution < 1.29 is 23.1 Å². The van der Waals surface area contributed by atoms with E-state index in [-0.39, 0.29) is 10.6 Å². The van der Waals surface area contributed by atoms with E-state index in [1.807, 2.05) is 13.8 Å². The lowest BCUT2D eigenvalue weighted by Crippen LogP contribution is -2.51. The largest absolute Gasteiger partial charge is 0.493 e. The maximum atomic E-state index is 13.3. The Kier molecular flexibility index (Phi) is 6.58. The minimum atomic E-state index is -3.60. The van der Waals surface area contributed by atoms with E-state index in [2.05, 4.69) is 6.92 Å². The van der Waals surface area contributed by atoms with Crippen molar-refractivity contribution in [3.63, 3.8) is 0 Å². The molecule has 0 saturated heterocycles. The smallest absolute Gasteiger partial charge is 0.180 e. The van der Waals surface area contributed by atoms with Crippen molar-refractivity contribution in [3.05, 3.63) is 17.7 Å². The second-order valence-corrected chi connectivity index (χ2v) is 8.91. The first-order chi connectivity index (χ1) is 12.3. The fourth-order valence-electron chi connectivity index (χ4n) is 3.89. The molecule has 148 valence electrons. The van der Waals surface area contributed by atoms with Gasteiger partial charge >= 0.3 is 0 Å². The summed E-state index contributed by atoms with van der Waals surface area (Å²) in [6, 6.07) is 2.80. The monoisotopic (exact) mass is 385 g/mol. The Balaban J connectivity index is 2.73. The van der Waals surface area contributed by atoms with Crippen LogP contribution in [0, 0.1) is 0 Å².